The highest BCUT2D eigenvalue weighted by Gasteiger charge is 2.03. The van der Waals surface area contributed by atoms with E-state index in [0.29, 0.717) is 27.1 Å². The molecule has 0 aromatic carbocycles. The van der Waals surface area contributed by atoms with Gasteiger partial charge in [-0.3, -0.25) is 4.98 Å². The third-order valence-electron chi connectivity index (χ3n) is 1.69. The fraction of sp³-hybridized carbons (Fsp3) is 0.100. The standard InChI is InChI=1S/C10H7BrClN3O/c1-6-14-9(11)3-10(15-6)16-8-2-7(12)4-13-5-8/h2-5H,1H3. The molecule has 4 nitrogen and oxygen atoms in total. The van der Waals surface area contributed by atoms with E-state index in [0.717, 1.165) is 0 Å². The fourth-order valence-electron chi connectivity index (χ4n) is 1.13. The lowest BCUT2D eigenvalue weighted by Gasteiger charge is -2.05. The van der Waals surface area contributed by atoms with Gasteiger partial charge in [-0.2, -0.15) is 4.98 Å². The summed E-state index contributed by atoms with van der Waals surface area (Å²) < 4.78 is 6.16. The van der Waals surface area contributed by atoms with Crippen LogP contribution in [0.3, 0.4) is 0 Å². The number of aryl methyl sites for hydroxylation is 1. The van der Waals surface area contributed by atoms with Crippen molar-refractivity contribution in [1.82, 2.24) is 15.0 Å². The van der Waals surface area contributed by atoms with Crippen LogP contribution in [0.5, 0.6) is 11.6 Å². The van der Waals surface area contributed by atoms with Gasteiger partial charge in [0.1, 0.15) is 16.2 Å². The normalized spacial score (nSPS) is 10.2. The molecule has 0 aliphatic carbocycles. The highest BCUT2D eigenvalue weighted by Crippen LogP contribution is 2.23. The molecule has 0 aliphatic heterocycles. The minimum atomic E-state index is 0.448. The Labute approximate surface area is 106 Å². The number of halogens is 2. The van der Waals surface area contributed by atoms with Gasteiger partial charge < -0.3 is 4.74 Å². The summed E-state index contributed by atoms with van der Waals surface area (Å²) in [7, 11) is 0. The summed E-state index contributed by atoms with van der Waals surface area (Å²) in [6.07, 6.45) is 3.10. The van der Waals surface area contributed by atoms with E-state index in [-0.39, 0.29) is 0 Å². The smallest absolute Gasteiger partial charge is 0.223 e. The third-order valence-corrected chi connectivity index (χ3v) is 2.30. The van der Waals surface area contributed by atoms with Crippen LogP contribution < -0.4 is 4.74 Å². The number of pyridine rings is 1. The number of hydrogen-bond acceptors (Lipinski definition) is 4. The molecule has 2 heterocycles. The fourth-order valence-corrected chi connectivity index (χ4v) is 1.74. The first kappa shape index (κ1) is 11.3. The summed E-state index contributed by atoms with van der Waals surface area (Å²) in [6.45, 7) is 1.79. The first-order valence-corrected chi connectivity index (χ1v) is 5.60. The molecule has 6 heteroatoms. The van der Waals surface area contributed by atoms with E-state index in [9.17, 15) is 0 Å². The van der Waals surface area contributed by atoms with Crippen molar-refractivity contribution in [2.45, 2.75) is 6.92 Å². The van der Waals surface area contributed by atoms with Crippen LogP contribution in [0.2, 0.25) is 5.02 Å². The van der Waals surface area contributed by atoms with Gasteiger partial charge in [-0.25, -0.2) is 4.98 Å². The molecule has 2 rings (SSSR count). The van der Waals surface area contributed by atoms with Crippen LogP contribution in [0.25, 0.3) is 0 Å². The maximum atomic E-state index is 5.79. The summed E-state index contributed by atoms with van der Waals surface area (Å²) in [5, 5.41) is 0.516. The number of ether oxygens (including phenoxy) is 1. The van der Waals surface area contributed by atoms with Gasteiger partial charge in [0.2, 0.25) is 5.88 Å². The molecule has 0 fully saturated rings. The van der Waals surface area contributed by atoms with Crippen LogP contribution in [0.15, 0.2) is 29.1 Å². The summed E-state index contributed by atoms with van der Waals surface area (Å²) in [5.41, 5.74) is 0. The molecule has 0 saturated heterocycles. The number of hydrogen-bond donors (Lipinski definition) is 0. The Morgan fingerprint density at radius 3 is 2.75 bits per heavy atom. The Morgan fingerprint density at radius 2 is 2.06 bits per heavy atom. The molecule has 0 radical (unpaired) electrons. The van der Waals surface area contributed by atoms with E-state index < -0.39 is 0 Å². The SMILES string of the molecule is Cc1nc(Br)cc(Oc2cncc(Cl)c2)n1. The van der Waals surface area contributed by atoms with E-state index in [2.05, 4.69) is 30.9 Å². The van der Waals surface area contributed by atoms with Crippen molar-refractivity contribution in [3.8, 4) is 11.6 Å². The second kappa shape index (κ2) is 4.76. The van der Waals surface area contributed by atoms with Crippen molar-refractivity contribution in [3.63, 3.8) is 0 Å². The summed E-state index contributed by atoms with van der Waals surface area (Å²) in [5.74, 6) is 1.61. The molecule has 2 aromatic heterocycles. The quantitative estimate of drug-likeness (QED) is 0.798. The Kier molecular flexibility index (Phi) is 3.36. The van der Waals surface area contributed by atoms with Crippen LogP contribution in [0.1, 0.15) is 5.82 Å². The number of rotatable bonds is 2. The van der Waals surface area contributed by atoms with Crippen LogP contribution in [-0.4, -0.2) is 15.0 Å². The van der Waals surface area contributed by atoms with Crippen LogP contribution in [-0.2, 0) is 0 Å². The molecule has 82 valence electrons. The molecule has 2 aromatic rings. The monoisotopic (exact) mass is 299 g/mol. The first-order valence-electron chi connectivity index (χ1n) is 4.43. The largest absolute Gasteiger partial charge is 0.437 e. The second-order valence-corrected chi connectivity index (χ2v) is 4.27. The highest BCUT2D eigenvalue weighted by molar-refractivity contribution is 9.10. The van der Waals surface area contributed by atoms with Crippen LogP contribution in [0.4, 0.5) is 0 Å². The second-order valence-electron chi connectivity index (χ2n) is 3.02. The number of nitrogens with zero attached hydrogens (tertiary/aromatic N) is 3. The molecule has 16 heavy (non-hydrogen) atoms. The topological polar surface area (TPSA) is 47.9 Å². The Bertz CT molecular complexity index is 501. The Hall–Kier alpha value is -1.20. The maximum absolute atomic E-state index is 5.79. The van der Waals surface area contributed by atoms with Gasteiger partial charge in [0, 0.05) is 18.3 Å². The van der Waals surface area contributed by atoms with Gasteiger partial charge in [-0.1, -0.05) is 11.6 Å². The van der Waals surface area contributed by atoms with Crippen molar-refractivity contribution in [1.29, 1.82) is 0 Å². The van der Waals surface area contributed by atoms with Crippen LogP contribution in [0, 0.1) is 6.92 Å². The predicted molar refractivity (Wildman–Crippen MR) is 63.8 cm³/mol. The van der Waals surface area contributed by atoms with E-state index in [4.69, 9.17) is 16.3 Å². The lowest BCUT2D eigenvalue weighted by Crippen LogP contribution is -1.93. The molecular formula is C10H7BrClN3O. The highest BCUT2D eigenvalue weighted by atomic mass is 79.9. The van der Waals surface area contributed by atoms with Crippen molar-refractivity contribution in [3.05, 3.63) is 40.0 Å². The molecular weight excluding hydrogens is 293 g/mol. The minimum Gasteiger partial charge on any atom is -0.437 e. The predicted octanol–water partition coefficient (Wildman–Crippen LogP) is 3.39. The van der Waals surface area contributed by atoms with E-state index in [1.165, 1.54) is 6.20 Å². The summed E-state index contributed by atoms with van der Waals surface area (Å²) >= 11 is 9.06. The molecule has 0 atom stereocenters. The van der Waals surface area contributed by atoms with Gasteiger partial charge in [0.25, 0.3) is 0 Å². The summed E-state index contributed by atoms with van der Waals surface area (Å²) in [6, 6.07) is 3.34. The van der Waals surface area contributed by atoms with E-state index >= 15 is 0 Å². The average molecular weight is 301 g/mol. The lowest BCUT2D eigenvalue weighted by molar-refractivity contribution is 0.457. The Balaban J connectivity index is 2.27. The zero-order chi connectivity index (χ0) is 11.5. The first-order chi connectivity index (χ1) is 7.63. The van der Waals surface area contributed by atoms with Crippen molar-refractivity contribution >= 4 is 27.5 Å². The lowest BCUT2D eigenvalue weighted by atomic mass is 10.4. The summed E-state index contributed by atoms with van der Waals surface area (Å²) in [4.78, 5) is 12.1. The third kappa shape index (κ3) is 2.90. The average Bonchev–Trinajstić information content (AvgIpc) is 2.15. The molecule has 0 N–H and O–H groups in total. The van der Waals surface area contributed by atoms with Crippen molar-refractivity contribution < 1.29 is 4.74 Å². The molecule has 0 saturated carbocycles. The molecule has 0 bridgehead atoms. The maximum Gasteiger partial charge on any atom is 0.223 e. The van der Waals surface area contributed by atoms with E-state index in [1.807, 2.05) is 0 Å². The van der Waals surface area contributed by atoms with Gasteiger partial charge in [-0.05, 0) is 22.9 Å². The molecule has 0 spiro atoms. The van der Waals surface area contributed by atoms with Crippen LogP contribution >= 0.6 is 27.5 Å². The van der Waals surface area contributed by atoms with Gasteiger partial charge in [0.15, 0.2) is 0 Å². The Morgan fingerprint density at radius 1 is 1.25 bits per heavy atom. The van der Waals surface area contributed by atoms with E-state index in [1.54, 1.807) is 25.3 Å². The van der Waals surface area contributed by atoms with Gasteiger partial charge in [-0.15, -0.1) is 0 Å². The zero-order valence-electron chi connectivity index (χ0n) is 8.32. The van der Waals surface area contributed by atoms with Crippen molar-refractivity contribution in [2.75, 3.05) is 0 Å². The molecule has 0 aliphatic rings. The minimum absolute atomic E-state index is 0.448. The van der Waals surface area contributed by atoms with Gasteiger partial charge >= 0.3 is 0 Å². The van der Waals surface area contributed by atoms with Gasteiger partial charge in [0.05, 0.1) is 11.2 Å². The molecule has 0 amide bonds. The van der Waals surface area contributed by atoms with Crippen molar-refractivity contribution in [2.24, 2.45) is 0 Å². The number of aromatic nitrogens is 3. The zero-order valence-corrected chi connectivity index (χ0v) is 10.7. The molecule has 0 unspecified atom stereocenters.